The van der Waals surface area contributed by atoms with E-state index >= 15 is 0 Å². The van der Waals surface area contributed by atoms with Crippen molar-refractivity contribution in [3.8, 4) is 0 Å². The number of esters is 2. The molecule has 0 aliphatic carbocycles. The molecule has 0 fully saturated rings. The van der Waals surface area contributed by atoms with Crippen molar-refractivity contribution in [2.45, 2.75) is 33.0 Å². The quantitative estimate of drug-likeness (QED) is 0.474. The molecule has 0 spiro atoms. The van der Waals surface area contributed by atoms with Gasteiger partial charge in [0.25, 0.3) is 0 Å². The van der Waals surface area contributed by atoms with Crippen LogP contribution in [0.15, 0.2) is 0 Å². The Morgan fingerprint density at radius 1 is 1.36 bits per heavy atom. The Balaban J connectivity index is 3.78. The average Bonchev–Trinajstić information content (AvgIpc) is 2.12. The summed E-state index contributed by atoms with van der Waals surface area (Å²) in [6.45, 7) is 3.08. The number of hydrogen-bond acceptors (Lipinski definition) is 5. The van der Waals surface area contributed by atoms with E-state index in [0.29, 0.717) is 12.8 Å². The Kier molecular flexibility index (Phi) is 6.74. The molecule has 1 unspecified atom stereocenters. The van der Waals surface area contributed by atoms with Crippen molar-refractivity contribution in [2.24, 2.45) is 0 Å². The zero-order valence-corrected chi connectivity index (χ0v) is 8.74. The van der Waals surface area contributed by atoms with Crippen molar-refractivity contribution >= 4 is 11.9 Å². The minimum Gasteiger partial charge on any atom is -0.459 e. The highest BCUT2D eigenvalue weighted by atomic mass is 16.7. The summed E-state index contributed by atoms with van der Waals surface area (Å²) in [7, 11) is 1.38. The molecule has 0 aromatic heterocycles. The monoisotopic (exact) mass is 204 g/mol. The molecule has 1 atom stereocenters. The molecule has 0 aromatic carbocycles. The maximum atomic E-state index is 11.0. The molecule has 0 aromatic rings. The second-order valence-electron chi connectivity index (χ2n) is 2.71. The number of hydrogen-bond donors (Lipinski definition) is 0. The predicted molar refractivity (Wildman–Crippen MR) is 48.4 cm³/mol. The topological polar surface area (TPSA) is 61.8 Å². The summed E-state index contributed by atoms with van der Waals surface area (Å²) in [5, 5.41) is 0. The third-order valence-electron chi connectivity index (χ3n) is 1.40. The fourth-order valence-electron chi connectivity index (χ4n) is 0.745. The standard InChI is InChI=1S/C9H16O5/c1-4-5-8(11)14-9(12-3)6-13-7(2)10/h9H,4-6H2,1-3H3. The molecule has 0 aliphatic rings. The van der Waals surface area contributed by atoms with Gasteiger partial charge in [-0.1, -0.05) is 6.92 Å². The Bertz CT molecular complexity index is 190. The van der Waals surface area contributed by atoms with E-state index in [4.69, 9.17) is 9.47 Å². The van der Waals surface area contributed by atoms with Crippen molar-refractivity contribution in [1.82, 2.24) is 0 Å². The Morgan fingerprint density at radius 2 is 2.00 bits per heavy atom. The lowest BCUT2D eigenvalue weighted by atomic mass is 10.3. The van der Waals surface area contributed by atoms with Gasteiger partial charge in [0.05, 0.1) is 0 Å². The van der Waals surface area contributed by atoms with Gasteiger partial charge in [0.1, 0.15) is 0 Å². The first-order valence-electron chi connectivity index (χ1n) is 4.45. The summed E-state index contributed by atoms with van der Waals surface area (Å²) in [4.78, 5) is 21.5. The number of ether oxygens (including phenoxy) is 3. The smallest absolute Gasteiger partial charge is 0.308 e. The lowest BCUT2D eigenvalue weighted by Crippen LogP contribution is -2.26. The predicted octanol–water partition coefficient (Wildman–Crippen LogP) is 0.865. The second kappa shape index (κ2) is 7.32. The molecule has 82 valence electrons. The molecule has 0 rings (SSSR count). The fraction of sp³-hybridized carbons (Fsp3) is 0.778. The van der Waals surface area contributed by atoms with E-state index in [1.165, 1.54) is 14.0 Å². The van der Waals surface area contributed by atoms with Gasteiger partial charge >= 0.3 is 11.9 Å². The van der Waals surface area contributed by atoms with E-state index in [-0.39, 0.29) is 12.6 Å². The molecular weight excluding hydrogens is 188 g/mol. The number of rotatable bonds is 6. The first kappa shape index (κ1) is 12.9. The Labute approximate surface area is 83.3 Å². The molecule has 0 bridgehead atoms. The van der Waals surface area contributed by atoms with Gasteiger partial charge in [-0.05, 0) is 6.42 Å². The lowest BCUT2D eigenvalue weighted by Gasteiger charge is -2.15. The van der Waals surface area contributed by atoms with E-state index in [0.717, 1.165) is 0 Å². The van der Waals surface area contributed by atoms with Gasteiger partial charge in [0, 0.05) is 20.5 Å². The molecule has 0 radical (unpaired) electrons. The Morgan fingerprint density at radius 3 is 2.43 bits per heavy atom. The van der Waals surface area contributed by atoms with Gasteiger partial charge in [-0.3, -0.25) is 9.59 Å². The maximum absolute atomic E-state index is 11.0. The van der Waals surface area contributed by atoms with Gasteiger partial charge in [0.15, 0.2) is 6.61 Å². The van der Waals surface area contributed by atoms with Crippen LogP contribution in [0, 0.1) is 0 Å². The molecule has 0 amide bonds. The first-order valence-corrected chi connectivity index (χ1v) is 4.45. The highest BCUT2D eigenvalue weighted by Gasteiger charge is 2.13. The van der Waals surface area contributed by atoms with Crippen molar-refractivity contribution in [2.75, 3.05) is 13.7 Å². The van der Waals surface area contributed by atoms with Crippen LogP contribution in [0.3, 0.4) is 0 Å². The maximum Gasteiger partial charge on any atom is 0.308 e. The van der Waals surface area contributed by atoms with Gasteiger partial charge in [-0.25, -0.2) is 0 Å². The van der Waals surface area contributed by atoms with Crippen molar-refractivity contribution in [1.29, 1.82) is 0 Å². The van der Waals surface area contributed by atoms with Gasteiger partial charge < -0.3 is 14.2 Å². The van der Waals surface area contributed by atoms with Gasteiger partial charge in [-0.2, -0.15) is 0 Å². The molecule has 5 heteroatoms. The number of carbonyl (C=O) groups is 2. The second-order valence-corrected chi connectivity index (χ2v) is 2.71. The van der Waals surface area contributed by atoms with Crippen molar-refractivity contribution in [3.05, 3.63) is 0 Å². The van der Waals surface area contributed by atoms with Crippen LogP contribution in [0.4, 0.5) is 0 Å². The summed E-state index contributed by atoms with van der Waals surface area (Å²) < 4.78 is 14.3. The molecule has 0 saturated carbocycles. The highest BCUT2D eigenvalue weighted by Crippen LogP contribution is 1.99. The molecule has 0 heterocycles. The van der Waals surface area contributed by atoms with Crippen molar-refractivity contribution < 1.29 is 23.8 Å². The van der Waals surface area contributed by atoms with Crippen LogP contribution in [-0.4, -0.2) is 31.9 Å². The molecule has 0 N–H and O–H groups in total. The summed E-state index contributed by atoms with van der Waals surface area (Å²) in [6, 6.07) is 0. The van der Waals surface area contributed by atoms with Crippen LogP contribution in [0.2, 0.25) is 0 Å². The lowest BCUT2D eigenvalue weighted by molar-refractivity contribution is -0.187. The third-order valence-corrected chi connectivity index (χ3v) is 1.40. The van der Waals surface area contributed by atoms with E-state index in [1.54, 1.807) is 0 Å². The van der Waals surface area contributed by atoms with Gasteiger partial charge in [-0.15, -0.1) is 0 Å². The summed E-state index contributed by atoms with van der Waals surface area (Å²) in [5.41, 5.74) is 0. The number of carbonyl (C=O) groups excluding carboxylic acids is 2. The SMILES string of the molecule is CCCC(=O)OC(COC(C)=O)OC. The molecule has 0 aliphatic heterocycles. The molecular formula is C9H16O5. The van der Waals surface area contributed by atoms with Crippen LogP contribution in [-0.2, 0) is 23.8 Å². The van der Waals surface area contributed by atoms with E-state index in [9.17, 15) is 9.59 Å². The highest BCUT2D eigenvalue weighted by molar-refractivity contribution is 5.69. The fourth-order valence-corrected chi connectivity index (χ4v) is 0.745. The minimum absolute atomic E-state index is 0.0682. The molecule has 14 heavy (non-hydrogen) atoms. The Hall–Kier alpha value is -1.10. The van der Waals surface area contributed by atoms with Crippen LogP contribution in [0.1, 0.15) is 26.7 Å². The van der Waals surface area contributed by atoms with Crippen LogP contribution >= 0.6 is 0 Å². The van der Waals surface area contributed by atoms with Crippen LogP contribution < -0.4 is 0 Å². The third kappa shape index (κ3) is 6.42. The summed E-state index contributed by atoms with van der Waals surface area (Å²) in [5.74, 6) is -0.787. The summed E-state index contributed by atoms with van der Waals surface area (Å²) >= 11 is 0. The van der Waals surface area contributed by atoms with Gasteiger partial charge in [0.2, 0.25) is 6.29 Å². The van der Waals surface area contributed by atoms with E-state index in [2.05, 4.69) is 4.74 Å². The minimum atomic E-state index is -0.807. The normalized spacial score (nSPS) is 11.9. The zero-order valence-electron chi connectivity index (χ0n) is 8.74. The molecule has 5 nitrogen and oxygen atoms in total. The number of methoxy groups -OCH3 is 1. The van der Waals surface area contributed by atoms with E-state index < -0.39 is 12.3 Å². The largest absolute Gasteiger partial charge is 0.459 e. The summed E-state index contributed by atoms with van der Waals surface area (Å²) in [6.07, 6.45) is 0.237. The first-order chi connectivity index (χ1) is 6.60. The van der Waals surface area contributed by atoms with Crippen LogP contribution in [0.25, 0.3) is 0 Å². The van der Waals surface area contributed by atoms with Crippen LogP contribution in [0.5, 0.6) is 0 Å². The van der Waals surface area contributed by atoms with Crippen molar-refractivity contribution in [3.63, 3.8) is 0 Å². The van der Waals surface area contributed by atoms with E-state index in [1.807, 2.05) is 6.92 Å². The average molecular weight is 204 g/mol. The molecule has 0 saturated heterocycles. The zero-order chi connectivity index (χ0) is 11.0.